The van der Waals surface area contributed by atoms with E-state index in [0.717, 1.165) is 24.7 Å². The summed E-state index contributed by atoms with van der Waals surface area (Å²) in [6, 6.07) is 10.8. The van der Waals surface area contributed by atoms with E-state index in [9.17, 15) is 0 Å². The number of nitrogens with one attached hydrogen (secondary N) is 2. The lowest BCUT2D eigenvalue weighted by Gasteiger charge is -2.18. The van der Waals surface area contributed by atoms with Crippen LogP contribution in [0, 0.1) is 0 Å². The Morgan fingerprint density at radius 1 is 1.25 bits per heavy atom. The highest BCUT2D eigenvalue weighted by atomic mass is 15.3. The Kier molecular flexibility index (Phi) is 3.03. The topological polar surface area (TPSA) is 47.2 Å². The Morgan fingerprint density at radius 3 is 3.08 bits per heavy atom. The van der Waals surface area contributed by atoms with Gasteiger partial charge in [0.25, 0.3) is 0 Å². The molecule has 0 spiro atoms. The first-order valence-electron chi connectivity index (χ1n) is 8.55. The van der Waals surface area contributed by atoms with Gasteiger partial charge >= 0.3 is 0 Å². The number of benzene rings is 1. The summed E-state index contributed by atoms with van der Waals surface area (Å²) in [6.45, 7) is 3.10. The molecule has 1 fully saturated rings. The zero-order chi connectivity index (χ0) is 16.1. The summed E-state index contributed by atoms with van der Waals surface area (Å²) < 4.78 is 0. The highest BCUT2D eigenvalue weighted by molar-refractivity contribution is 5.89. The van der Waals surface area contributed by atoms with Gasteiger partial charge < -0.3 is 20.1 Å². The first-order chi connectivity index (χ1) is 11.8. The monoisotopic (exact) mass is 319 g/mol. The van der Waals surface area contributed by atoms with Crippen LogP contribution in [0.5, 0.6) is 0 Å². The van der Waals surface area contributed by atoms with Crippen LogP contribution in [0.4, 0.5) is 17.2 Å². The van der Waals surface area contributed by atoms with Gasteiger partial charge in [0.2, 0.25) is 0 Å². The Balaban J connectivity index is 1.56. The van der Waals surface area contributed by atoms with Crippen molar-refractivity contribution in [2.45, 2.75) is 12.3 Å². The lowest BCUT2D eigenvalue weighted by Crippen LogP contribution is -2.16. The fourth-order valence-electron chi connectivity index (χ4n) is 4.05. The SMILES string of the molecule is CN1CCC(c2c[nH]c3ccc(N4CNc5ncccc54)cc23)C1. The number of aromatic amines is 1. The van der Waals surface area contributed by atoms with E-state index in [1.165, 1.54) is 35.1 Å². The van der Waals surface area contributed by atoms with Crippen molar-refractivity contribution < 1.29 is 0 Å². The Hall–Kier alpha value is -2.53. The molecule has 1 unspecified atom stereocenters. The number of pyridine rings is 1. The summed E-state index contributed by atoms with van der Waals surface area (Å²) >= 11 is 0. The van der Waals surface area contributed by atoms with Crippen LogP contribution in [-0.2, 0) is 0 Å². The summed E-state index contributed by atoms with van der Waals surface area (Å²) in [4.78, 5) is 12.6. The predicted octanol–water partition coefficient (Wildman–Crippen LogP) is 3.50. The average Bonchev–Trinajstić information content (AvgIpc) is 3.31. The lowest BCUT2D eigenvalue weighted by atomic mass is 9.97. The molecule has 0 amide bonds. The maximum atomic E-state index is 4.41. The van der Waals surface area contributed by atoms with Gasteiger partial charge in [-0.25, -0.2) is 4.98 Å². The van der Waals surface area contributed by atoms with E-state index in [1.54, 1.807) is 0 Å². The van der Waals surface area contributed by atoms with Gasteiger partial charge in [0, 0.05) is 35.5 Å². The van der Waals surface area contributed by atoms with Crippen molar-refractivity contribution in [3.05, 3.63) is 48.3 Å². The molecule has 2 aromatic heterocycles. The first kappa shape index (κ1) is 13.9. The molecular formula is C19H21N5. The number of fused-ring (bicyclic) bond motifs is 2. The molecule has 2 aliphatic heterocycles. The van der Waals surface area contributed by atoms with Gasteiger partial charge in [-0.1, -0.05) is 0 Å². The third-order valence-corrected chi connectivity index (χ3v) is 5.32. The molecule has 0 aliphatic carbocycles. The van der Waals surface area contributed by atoms with Gasteiger partial charge in [0.05, 0.1) is 12.4 Å². The molecule has 0 radical (unpaired) electrons. The Morgan fingerprint density at radius 2 is 2.21 bits per heavy atom. The molecule has 1 saturated heterocycles. The fraction of sp³-hybridized carbons (Fsp3) is 0.316. The molecule has 1 atom stereocenters. The van der Waals surface area contributed by atoms with Crippen LogP contribution in [0.3, 0.4) is 0 Å². The summed E-state index contributed by atoms with van der Waals surface area (Å²) in [5, 5.41) is 4.72. The molecule has 5 nitrogen and oxygen atoms in total. The third-order valence-electron chi connectivity index (χ3n) is 5.32. The van der Waals surface area contributed by atoms with Gasteiger partial charge in [0.1, 0.15) is 0 Å². The highest BCUT2D eigenvalue weighted by Crippen LogP contribution is 2.38. The molecule has 5 rings (SSSR count). The molecule has 1 aromatic carbocycles. The number of likely N-dealkylation sites (tertiary alicyclic amines) is 1. The molecule has 122 valence electrons. The number of anilines is 3. The van der Waals surface area contributed by atoms with Crippen molar-refractivity contribution >= 4 is 28.1 Å². The quantitative estimate of drug-likeness (QED) is 0.759. The molecule has 2 N–H and O–H groups in total. The lowest BCUT2D eigenvalue weighted by molar-refractivity contribution is 0.412. The van der Waals surface area contributed by atoms with Gasteiger partial charge in [0.15, 0.2) is 5.82 Å². The molecule has 5 heteroatoms. The minimum Gasteiger partial charge on any atom is -0.361 e. The van der Waals surface area contributed by atoms with Crippen molar-refractivity contribution in [2.75, 3.05) is 37.0 Å². The van der Waals surface area contributed by atoms with E-state index in [-0.39, 0.29) is 0 Å². The Labute approximate surface area is 141 Å². The van der Waals surface area contributed by atoms with Gasteiger partial charge in [-0.3, -0.25) is 0 Å². The Bertz CT molecular complexity index is 900. The van der Waals surface area contributed by atoms with Crippen LogP contribution in [0.25, 0.3) is 10.9 Å². The first-order valence-corrected chi connectivity index (χ1v) is 8.55. The number of aromatic nitrogens is 2. The number of H-pyrrole nitrogens is 1. The fourth-order valence-corrected chi connectivity index (χ4v) is 4.05. The van der Waals surface area contributed by atoms with Crippen LogP contribution < -0.4 is 10.2 Å². The maximum Gasteiger partial charge on any atom is 0.151 e. The number of likely N-dealkylation sites (N-methyl/N-ethyl adjacent to an activating group) is 1. The summed E-state index contributed by atoms with van der Waals surface area (Å²) in [5.74, 6) is 1.59. The second-order valence-corrected chi connectivity index (χ2v) is 6.86. The van der Waals surface area contributed by atoms with Gasteiger partial charge in [-0.15, -0.1) is 0 Å². The van der Waals surface area contributed by atoms with Crippen LogP contribution in [-0.4, -0.2) is 41.7 Å². The summed E-state index contributed by atoms with van der Waals surface area (Å²) in [6.07, 6.45) is 5.28. The molecule has 0 bridgehead atoms. The molecule has 3 aromatic rings. The second kappa shape index (κ2) is 5.24. The van der Waals surface area contributed by atoms with E-state index >= 15 is 0 Å². The van der Waals surface area contributed by atoms with Crippen molar-refractivity contribution in [2.24, 2.45) is 0 Å². The van der Waals surface area contributed by atoms with E-state index < -0.39 is 0 Å². The maximum absolute atomic E-state index is 4.41. The molecule has 2 aliphatic rings. The van der Waals surface area contributed by atoms with E-state index in [1.807, 2.05) is 12.3 Å². The predicted molar refractivity (Wildman–Crippen MR) is 98.0 cm³/mol. The number of hydrogen-bond acceptors (Lipinski definition) is 4. The second-order valence-electron chi connectivity index (χ2n) is 6.86. The third kappa shape index (κ3) is 2.08. The summed E-state index contributed by atoms with van der Waals surface area (Å²) in [7, 11) is 2.21. The number of nitrogens with zero attached hydrogens (tertiary/aromatic N) is 3. The standard InChI is InChI=1S/C19H21N5/c1-23-8-6-13(11-23)16-10-21-17-5-4-14(9-15(16)17)24-12-22-19-18(24)3-2-7-20-19/h2-5,7,9-10,13,21H,6,8,11-12H2,1H3,(H,20,22). The van der Waals surface area contributed by atoms with Crippen molar-refractivity contribution in [1.82, 2.24) is 14.9 Å². The van der Waals surface area contributed by atoms with Crippen LogP contribution >= 0.6 is 0 Å². The largest absolute Gasteiger partial charge is 0.361 e. The van der Waals surface area contributed by atoms with Gasteiger partial charge in [-0.2, -0.15) is 0 Å². The zero-order valence-corrected chi connectivity index (χ0v) is 13.8. The molecule has 0 saturated carbocycles. The van der Waals surface area contributed by atoms with Crippen LogP contribution in [0.2, 0.25) is 0 Å². The minimum atomic E-state index is 0.629. The molecule has 4 heterocycles. The highest BCUT2D eigenvalue weighted by Gasteiger charge is 2.25. The van der Waals surface area contributed by atoms with E-state index in [4.69, 9.17) is 0 Å². The summed E-state index contributed by atoms with van der Waals surface area (Å²) in [5.41, 5.74) is 5.04. The van der Waals surface area contributed by atoms with Crippen LogP contribution in [0.15, 0.2) is 42.7 Å². The normalized spacial score (nSPS) is 20.5. The van der Waals surface area contributed by atoms with E-state index in [2.05, 4.69) is 62.6 Å². The molecular weight excluding hydrogens is 298 g/mol. The van der Waals surface area contributed by atoms with Gasteiger partial charge in [-0.05, 0) is 61.8 Å². The smallest absolute Gasteiger partial charge is 0.151 e. The zero-order valence-electron chi connectivity index (χ0n) is 13.8. The van der Waals surface area contributed by atoms with E-state index in [0.29, 0.717) is 5.92 Å². The molecule has 24 heavy (non-hydrogen) atoms. The van der Waals surface area contributed by atoms with Crippen molar-refractivity contribution in [3.8, 4) is 0 Å². The number of hydrogen-bond donors (Lipinski definition) is 2. The van der Waals surface area contributed by atoms with Crippen LogP contribution in [0.1, 0.15) is 17.9 Å². The minimum absolute atomic E-state index is 0.629. The average molecular weight is 319 g/mol. The number of rotatable bonds is 2. The van der Waals surface area contributed by atoms with Crippen molar-refractivity contribution in [3.63, 3.8) is 0 Å². The van der Waals surface area contributed by atoms with Crippen molar-refractivity contribution in [1.29, 1.82) is 0 Å².